The fourth-order valence-electron chi connectivity index (χ4n) is 8.32. The number of fused-ring (bicyclic) bond motifs is 5. The van der Waals surface area contributed by atoms with E-state index in [4.69, 9.17) is 9.47 Å². The SMILES string of the molecule is COC1(OC)CC[C@@]2(C)[C@@H](CC[C@@H]3[C@@H]2CC[C@]2(C)[C@@H](C(C)=O)CC[C@@H]32)C1. The topological polar surface area (TPSA) is 35.5 Å². The molecule has 0 amide bonds. The number of hydrogen-bond acceptors (Lipinski definition) is 3. The Bertz CT molecular complexity index is 568. The number of Topliss-reactive ketones (excluding diaryl/α,β-unsaturated/α-hetero) is 1. The molecule has 4 aliphatic rings. The Morgan fingerprint density at radius 1 is 0.846 bits per heavy atom. The zero-order chi connectivity index (χ0) is 18.7. The molecule has 0 saturated heterocycles. The van der Waals surface area contributed by atoms with E-state index in [1.165, 1.54) is 38.5 Å². The second-order valence-corrected chi connectivity index (χ2v) is 10.5. The van der Waals surface area contributed by atoms with Crippen LogP contribution in [-0.2, 0) is 14.3 Å². The van der Waals surface area contributed by atoms with Gasteiger partial charge in [-0.05, 0) is 86.4 Å². The van der Waals surface area contributed by atoms with Gasteiger partial charge in [-0.15, -0.1) is 0 Å². The number of methoxy groups -OCH3 is 2. The second kappa shape index (κ2) is 6.30. The zero-order valence-electron chi connectivity index (χ0n) is 17.5. The first kappa shape index (κ1) is 18.9. The minimum Gasteiger partial charge on any atom is -0.353 e. The molecule has 4 aliphatic carbocycles. The first-order valence-corrected chi connectivity index (χ1v) is 10.9. The summed E-state index contributed by atoms with van der Waals surface area (Å²) in [7, 11) is 3.62. The lowest BCUT2D eigenvalue weighted by Gasteiger charge is -2.62. The first-order chi connectivity index (χ1) is 12.3. The van der Waals surface area contributed by atoms with Gasteiger partial charge >= 0.3 is 0 Å². The van der Waals surface area contributed by atoms with Crippen LogP contribution >= 0.6 is 0 Å². The van der Waals surface area contributed by atoms with Gasteiger partial charge in [0.05, 0.1) is 0 Å². The molecule has 4 fully saturated rings. The van der Waals surface area contributed by atoms with Gasteiger partial charge in [-0.25, -0.2) is 0 Å². The van der Waals surface area contributed by atoms with E-state index in [1.807, 2.05) is 21.1 Å². The number of ether oxygens (including phenoxy) is 2. The van der Waals surface area contributed by atoms with Gasteiger partial charge < -0.3 is 9.47 Å². The molecule has 0 aromatic heterocycles. The van der Waals surface area contributed by atoms with Crippen molar-refractivity contribution in [1.82, 2.24) is 0 Å². The van der Waals surface area contributed by atoms with E-state index in [2.05, 4.69) is 13.8 Å². The highest BCUT2D eigenvalue weighted by Gasteiger charge is 2.62. The molecule has 0 radical (unpaired) electrons. The zero-order valence-corrected chi connectivity index (χ0v) is 17.5. The summed E-state index contributed by atoms with van der Waals surface area (Å²) >= 11 is 0. The predicted octanol–water partition coefficient (Wildman–Crippen LogP) is 5.22. The summed E-state index contributed by atoms with van der Waals surface area (Å²) in [5.74, 6) is 3.55. The molecule has 0 N–H and O–H groups in total. The number of hydrogen-bond donors (Lipinski definition) is 0. The van der Waals surface area contributed by atoms with Crippen LogP contribution < -0.4 is 0 Å². The van der Waals surface area contributed by atoms with Crippen LogP contribution in [0.25, 0.3) is 0 Å². The van der Waals surface area contributed by atoms with Crippen LogP contribution in [0.2, 0.25) is 0 Å². The molecule has 3 heteroatoms. The molecule has 0 aromatic rings. The summed E-state index contributed by atoms with van der Waals surface area (Å²) < 4.78 is 11.6. The summed E-state index contributed by atoms with van der Waals surface area (Å²) in [5, 5.41) is 0. The largest absolute Gasteiger partial charge is 0.353 e. The smallest absolute Gasteiger partial charge is 0.167 e. The molecular formula is C23H38O3. The maximum atomic E-state index is 12.3. The molecule has 0 aliphatic heterocycles. The molecule has 26 heavy (non-hydrogen) atoms. The third-order valence-corrected chi connectivity index (χ3v) is 9.90. The van der Waals surface area contributed by atoms with E-state index >= 15 is 0 Å². The first-order valence-electron chi connectivity index (χ1n) is 10.9. The van der Waals surface area contributed by atoms with Gasteiger partial charge in [-0.3, -0.25) is 4.79 Å². The van der Waals surface area contributed by atoms with Crippen LogP contribution in [0.15, 0.2) is 0 Å². The average molecular weight is 363 g/mol. The maximum absolute atomic E-state index is 12.3. The van der Waals surface area contributed by atoms with Gasteiger partial charge in [0.1, 0.15) is 5.78 Å². The molecule has 0 spiro atoms. The number of carbonyl (C=O) groups excluding carboxylic acids is 1. The van der Waals surface area contributed by atoms with Gasteiger partial charge in [0, 0.05) is 33.0 Å². The molecule has 4 rings (SSSR count). The Hall–Kier alpha value is -0.410. The molecule has 148 valence electrons. The van der Waals surface area contributed by atoms with Crippen LogP contribution in [0.5, 0.6) is 0 Å². The van der Waals surface area contributed by atoms with E-state index in [0.29, 0.717) is 23.0 Å². The van der Waals surface area contributed by atoms with Crippen molar-refractivity contribution < 1.29 is 14.3 Å². The average Bonchev–Trinajstić information content (AvgIpc) is 2.99. The van der Waals surface area contributed by atoms with Crippen molar-refractivity contribution in [3.63, 3.8) is 0 Å². The number of carbonyl (C=O) groups is 1. The third kappa shape index (κ3) is 2.49. The molecular weight excluding hydrogens is 324 g/mol. The number of ketones is 1. The summed E-state index contributed by atoms with van der Waals surface area (Å²) in [5.41, 5.74) is 0.701. The van der Waals surface area contributed by atoms with Crippen LogP contribution in [0, 0.1) is 40.4 Å². The van der Waals surface area contributed by atoms with Crippen molar-refractivity contribution in [2.24, 2.45) is 40.4 Å². The minimum atomic E-state index is -0.354. The normalized spacial score (nSPS) is 49.8. The molecule has 7 atom stereocenters. The fourth-order valence-corrected chi connectivity index (χ4v) is 8.32. The lowest BCUT2D eigenvalue weighted by molar-refractivity contribution is -0.261. The molecule has 0 heterocycles. The lowest BCUT2D eigenvalue weighted by Crippen LogP contribution is -2.56. The molecule has 4 saturated carbocycles. The Kier molecular flexibility index (Phi) is 4.59. The van der Waals surface area contributed by atoms with E-state index in [1.54, 1.807) is 0 Å². The van der Waals surface area contributed by atoms with Gasteiger partial charge in [0.15, 0.2) is 5.79 Å². The molecule has 3 nitrogen and oxygen atoms in total. The fraction of sp³-hybridized carbons (Fsp3) is 0.957. The highest BCUT2D eigenvalue weighted by Crippen LogP contribution is 2.68. The Morgan fingerprint density at radius 3 is 2.19 bits per heavy atom. The van der Waals surface area contributed by atoms with E-state index < -0.39 is 0 Å². The third-order valence-electron chi connectivity index (χ3n) is 9.90. The Morgan fingerprint density at radius 2 is 1.54 bits per heavy atom. The van der Waals surface area contributed by atoms with Gasteiger partial charge in [-0.2, -0.15) is 0 Å². The minimum absolute atomic E-state index is 0.272. The van der Waals surface area contributed by atoms with Crippen LogP contribution in [0.4, 0.5) is 0 Å². The number of rotatable bonds is 3. The summed E-state index contributed by atoms with van der Waals surface area (Å²) in [6.45, 7) is 6.85. The summed E-state index contributed by atoms with van der Waals surface area (Å²) in [4.78, 5) is 12.3. The Balaban J connectivity index is 1.58. The summed E-state index contributed by atoms with van der Waals surface area (Å²) in [6.07, 6.45) is 10.9. The van der Waals surface area contributed by atoms with Crippen molar-refractivity contribution in [2.45, 2.75) is 84.3 Å². The van der Waals surface area contributed by atoms with Gasteiger partial charge in [0.25, 0.3) is 0 Å². The van der Waals surface area contributed by atoms with E-state index in [9.17, 15) is 4.79 Å². The van der Waals surface area contributed by atoms with Gasteiger partial charge in [-0.1, -0.05) is 13.8 Å². The van der Waals surface area contributed by atoms with Crippen molar-refractivity contribution in [3.05, 3.63) is 0 Å². The molecule has 0 unspecified atom stereocenters. The molecule has 0 aromatic carbocycles. The molecule has 0 bridgehead atoms. The summed E-state index contributed by atoms with van der Waals surface area (Å²) in [6, 6.07) is 0. The van der Waals surface area contributed by atoms with Gasteiger partial charge in [0.2, 0.25) is 0 Å². The van der Waals surface area contributed by atoms with E-state index in [-0.39, 0.29) is 11.2 Å². The van der Waals surface area contributed by atoms with Crippen LogP contribution in [-0.4, -0.2) is 25.8 Å². The maximum Gasteiger partial charge on any atom is 0.167 e. The highest BCUT2D eigenvalue weighted by atomic mass is 16.7. The predicted molar refractivity (Wildman–Crippen MR) is 103 cm³/mol. The standard InChI is InChI=1S/C23H38O3/c1-15(24)18-8-9-19-17-7-6-16-14-23(25-4,26-5)13-12-21(16,2)20(17)10-11-22(18,19)3/h16-20H,6-14H2,1-5H3/t16-,17-,18+,19-,20-,21-,22+/m0/s1. The lowest BCUT2D eigenvalue weighted by atomic mass is 9.44. The van der Waals surface area contributed by atoms with Crippen molar-refractivity contribution in [1.29, 1.82) is 0 Å². The van der Waals surface area contributed by atoms with Crippen LogP contribution in [0.1, 0.15) is 78.6 Å². The van der Waals surface area contributed by atoms with Crippen molar-refractivity contribution in [2.75, 3.05) is 14.2 Å². The van der Waals surface area contributed by atoms with Crippen molar-refractivity contribution >= 4 is 5.78 Å². The highest BCUT2D eigenvalue weighted by molar-refractivity contribution is 5.79. The second-order valence-electron chi connectivity index (χ2n) is 10.5. The van der Waals surface area contributed by atoms with Crippen LogP contribution in [0.3, 0.4) is 0 Å². The van der Waals surface area contributed by atoms with E-state index in [0.717, 1.165) is 37.0 Å². The Labute approximate surface area is 159 Å². The monoisotopic (exact) mass is 362 g/mol. The quantitative estimate of drug-likeness (QED) is 0.645. The van der Waals surface area contributed by atoms with Crippen molar-refractivity contribution in [3.8, 4) is 0 Å².